The van der Waals surface area contributed by atoms with E-state index in [9.17, 15) is 0 Å². The Kier molecular flexibility index (Phi) is 7.28. The van der Waals surface area contributed by atoms with E-state index in [0.717, 1.165) is 42.4 Å². The summed E-state index contributed by atoms with van der Waals surface area (Å²) in [6, 6.07) is 9.40. The van der Waals surface area contributed by atoms with Crippen LogP contribution in [0.3, 0.4) is 0 Å². The zero-order valence-electron chi connectivity index (χ0n) is 17.2. The molecular weight excluding hydrogens is 455 g/mol. The third-order valence-corrected chi connectivity index (χ3v) is 6.15. The Bertz CT molecular complexity index is 1020. The first kappa shape index (κ1) is 22.3. The minimum Gasteiger partial charge on any atom is -0.419 e. The van der Waals surface area contributed by atoms with Crippen LogP contribution in [-0.4, -0.2) is 32.9 Å². The lowest BCUT2D eigenvalue weighted by atomic mass is 9.94. The van der Waals surface area contributed by atoms with Gasteiger partial charge in [-0.1, -0.05) is 48.1 Å². The number of hydrogen-bond donors (Lipinski definition) is 0. The minimum atomic E-state index is 0.304. The summed E-state index contributed by atoms with van der Waals surface area (Å²) in [7, 11) is 0. The van der Waals surface area contributed by atoms with Crippen LogP contribution in [0.15, 0.2) is 42.7 Å². The molecule has 0 radical (unpaired) electrons. The molecule has 0 spiro atoms. The van der Waals surface area contributed by atoms with Crippen LogP contribution >= 0.6 is 34.8 Å². The second-order valence-electron chi connectivity index (χ2n) is 7.76. The molecule has 1 aromatic carbocycles. The smallest absolute Gasteiger partial charge is 0.239 e. The highest BCUT2D eigenvalue weighted by molar-refractivity contribution is 6.35. The van der Waals surface area contributed by atoms with Crippen LogP contribution in [0.1, 0.15) is 31.7 Å². The van der Waals surface area contributed by atoms with Crippen molar-refractivity contribution in [2.24, 2.45) is 5.92 Å². The molecule has 162 valence electrons. The van der Waals surface area contributed by atoms with Gasteiger partial charge in [0.1, 0.15) is 5.15 Å². The van der Waals surface area contributed by atoms with Gasteiger partial charge in [-0.15, -0.1) is 0 Å². The Morgan fingerprint density at radius 1 is 0.935 bits per heavy atom. The lowest BCUT2D eigenvalue weighted by Gasteiger charge is -2.31. The van der Waals surface area contributed by atoms with Crippen molar-refractivity contribution in [3.8, 4) is 23.0 Å². The molecule has 5 nitrogen and oxygen atoms in total. The topological polar surface area (TPSA) is 51.1 Å². The fourth-order valence-electron chi connectivity index (χ4n) is 3.82. The molecule has 8 heteroatoms. The molecule has 1 fully saturated rings. The average molecular weight is 478 g/mol. The number of rotatable bonds is 6. The van der Waals surface area contributed by atoms with Gasteiger partial charge in [-0.05, 0) is 61.7 Å². The Hall–Kier alpha value is -1.92. The van der Waals surface area contributed by atoms with Gasteiger partial charge in [0.15, 0.2) is 0 Å². The van der Waals surface area contributed by atoms with Crippen LogP contribution in [0.25, 0.3) is 11.3 Å². The monoisotopic (exact) mass is 476 g/mol. The summed E-state index contributed by atoms with van der Waals surface area (Å²) < 4.78 is 5.89. The maximum Gasteiger partial charge on any atom is 0.239 e. The first-order valence-electron chi connectivity index (χ1n) is 10.3. The number of nitrogens with zero attached hydrogens (tertiary/aromatic N) is 4. The van der Waals surface area contributed by atoms with Gasteiger partial charge in [0.05, 0.1) is 18.1 Å². The van der Waals surface area contributed by atoms with Crippen LogP contribution in [0.5, 0.6) is 11.8 Å². The third kappa shape index (κ3) is 6.07. The molecule has 0 atom stereocenters. The van der Waals surface area contributed by atoms with E-state index in [-0.39, 0.29) is 0 Å². The van der Waals surface area contributed by atoms with Gasteiger partial charge in [-0.25, -0.2) is 15.0 Å². The Balaban J connectivity index is 1.63. The molecule has 0 amide bonds. The van der Waals surface area contributed by atoms with E-state index < -0.39 is 0 Å². The van der Waals surface area contributed by atoms with Crippen molar-refractivity contribution in [2.75, 3.05) is 13.1 Å². The predicted molar refractivity (Wildman–Crippen MR) is 125 cm³/mol. The molecule has 0 bridgehead atoms. The number of benzene rings is 1. The summed E-state index contributed by atoms with van der Waals surface area (Å²) in [4.78, 5) is 15.3. The van der Waals surface area contributed by atoms with E-state index in [1.807, 2.05) is 18.2 Å². The lowest BCUT2D eigenvalue weighted by Crippen LogP contribution is -2.33. The predicted octanol–water partition coefficient (Wildman–Crippen LogP) is 6.91. The Morgan fingerprint density at radius 2 is 1.68 bits per heavy atom. The van der Waals surface area contributed by atoms with E-state index in [0.29, 0.717) is 27.0 Å². The fourth-order valence-corrected chi connectivity index (χ4v) is 4.45. The van der Waals surface area contributed by atoms with Crippen molar-refractivity contribution in [1.29, 1.82) is 0 Å². The molecule has 1 aliphatic rings. The first-order chi connectivity index (χ1) is 15.0. The second kappa shape index (κ2) is 10.1. The van der Waals surface area contributed by atoms with E-state index in [1.165, 1.54) is 31.7 Å². The molecule has 3 aromatic rings. The summed E-state index contributed by atoms with van der Waals surface area (Å²) in [5.41, 5.74) is 2.67. The van der Waals surface area contributed by atoms with Crippen molar-refractivity contribution in [2.45, 2.75) is 32.7 Å². The highest BCUT2D eigenvalue weighted by Gasteiger charge is 2.19. The van der Waals surface area contributed by atoms with Crippen LogP contribution in [0.2, 0.25) is 15.2 Å². The summed E-state index contributed by atoms with van der Waals surface area (Å²) in [6.07, 6.45) is 6.64. The maximum atomic E-state index is 6.22. The SMILES string of the molecule is CCC1CCN(Cc2cc(Oc3cnc(Cl)cn3)nc(-c3cc(Cl)cc(Cl)c3)c2)CC1. The van der Waals surface area contributed by atoms with Crippen LogP contribution in [0.4, 0.5) is 0 Å². The summed E-state index contributed by atoms with van der Waals surface area (Å²) in [5.74, 6) is 1.59. The van der Waals surface area contributed by atoms with Gasteiger partial charge < -0.3 is 4.74 Å². The number of hydrogen-bond acceptors (Lipinski definition) is 5. The third-order valence-electron chi connectivity index (χ3n) is 5.52. The normalized spacial score (nSPS) is 15.2. The quantitative estimate of drug-likeness (QED) is 0.386. The molecule has 1 saturated heterocycles. The lowest BCUT2D eigenvalue weighted by molar-refractivity contribution is 0.175. The summed E-state index contributed by atoms with van der Waals surface area (Å²) in [5, 5.41) is 1.42. The van der Waals surface area contributed by atoms with Crippen molar-refractivity contribution in [3.05, 3.63) is 63.5 Å². The van der Waals surface area contributed by atoms with Gasteiger partial charge in [-0.2, -0.15) is 0 Å². The van der Waals surface area contributed by atoms with Crippen molar-refractivity contribution in [3.63, 3.8) is 0 Å². The fraction of sp³-hybridized carbons (Fsp3) is 0.348. The average Bonchev–Trinajstić information content (AvgIpc) is 2.75. The molecule has 4 rings (SSSR count). The zero-order valence-corrected chi connectivity index (χ0v) is 19.5. The largest absolute Gasteiger partial charge is 0.419 e. The molecule has 0 aliphatic carbocycles. The molecular formula is C23H23Cl3N4O. The molecule has 31 heavy (non-hydrogen) atoms. The molecule has 0 saturated carbocycles. The van der Waals surface area contributed by atoms with Gasteiger partial charge in [0.2, 0.25) is 11.8 Å². The molecule has 0 unspecified atom stereocenters. The number of ether oxygens (including phenoxy) is 1. The van der Waals surface area contributed by atoms with Gasteiger partial charge in [0, 0.05) is 28.2 Å². The van der Waals surface area contributed by atoms with E-state index >= 15 is 0 Å². The van der Waals surface area contributed by atoms with Gasteiger partial charge in [0.25, 0.3) is 0 Å². The second-order valence-corrected chi connectivity index (χ2v) is 9.02. The zero-order chi connectivity index (χ0) is 21.8. The number of pyridine rings is 1. The Labute approximate surface area is 197 Å². The first-order valence-corrected chi connectivity index (χ1v) is 11.5. The summed E-state index contributed by atoms with van der Waals surface area (Å²) in [6.45, 7) is 5.29. The van der Waals surface area contributed by atoms with Crippen molar-refractivity contribution < 1.29 is 4.74 Å². The van der Waals surface area contributed by atoms with Gasteiger partial charge in [-0.3, -0.25) is 4.90 Å². The van der Waals surface area contributed by atoms with Crippen molar-refractivity contribution in [1.82, 2.24) is 19.9 Å². The molecule has 1 aliphatic heterocycles. The van der Waals surface area contributed by atoms with E-state index in [1.54, 1.807) is 6.07 Å². The van der Waals surface area contributed by atoms with Crippen molar-refractivity contribution >= 4 is 34.8 Å². The standard InChI is InChI=1S/C23H23Cl3N4O/c1-2-15-3-5-30(6-4-15)14-16-7-20(17-9-18(24)11-19(25)10-17)29-22(8-16)31-23-13-27-21(26)12-28-23/h7-13,15H,2-6,14H2,1H3. The van der Waals surface area contributed by atoms with Crippen LogP contribution in [-0.2, 0) is 6.54 Å². The van der Waals surface area contributed by atoms with Crippen LogP contribution < -0.4 is 4.74 Å². The number of piperidine rings is 1. The molecule has 3 heterocycles. The van der Waals surface area contributed by atoms with Gasteiger partial charge >= 0.3 is 0 Å². The maximum absolute atomic E-state index is 6.22. The molecule has 0 N–H and O–H groups in total. The number of likely N-dealkylation sites (tertiary alicyclic amines) is 1. The number of halogens is 3. The van der Waals surface area contributed by atoms with Crippen LogP contribution in [0, 0.1) is 5.92 Å². The highest BCUT2D eigenvalue weighted by Crippen LogP contribution is 2.30. The Morgan fingerprint density at radius 3 is 2.32 bits per heavy atom. The molecule has 2 aromatic heterocycles. The highest BCUT2D eigenvalue weighted by atomic mass is 35.5. The summed E-state index contributed by atoms with van der Waals surface area (Å²) >= 11 is 18.3. The minimum absolute atomic E-state index is 0.304. The number of aromatic nitrogens is 3. The van der Waals surface area contributed by atoms with E-state index in [2.05, 4.69) is 32.8 Å². The van der Waals surface area contributed by atoms with E-state index in [4.69, 9.17) is 39.5 Å².